The van der Waals surface area contributed by atoms with Crippen molar-refractivity contribution in [2.24, 2.45) is 5.92 Å². The van der Waals surface area contributed by atoms with Gasteiger partial charge in [-0.3, -0.25) is 0 Å². The maximum absolute atomic E-state index is 14.4. The molecule has 0 spiro atoms. The Balaban J connectivity index is 1.83. The maximum atomic E-state index is 14.4. The van der Waals surface area contributed by atoms with Crippen LogP contribution in [0.25, 0.3) is 0 Å². The Morgan fingerprint density at radius 1 is 1.00 bits per heavy atom. The molecule has 6 nitrogen and oxygen atoms in total. The third-order valence-electron chi connectivity index (χ3n) is 6.31. The lowest BCUT2D eigenvalue weighted by Crippen LogP contribution is -2.54. The second kappa shape index (κ2) is 9.32. The van der Waals surface area contributed by atoms with Crippen LogP contribution in [-0.2, 0) is 14.3 Å². The summed E-state index contributed by atoms with van der Waals surface area (Å²) in [6.07, 6.45) is 3.87. The average molecular weight is 437 g/mol. The van der Waals surface area contributed by atoms with Gasteiger partial charge in [-0.1, -0.05) is 31.4 Å². The first kappa shape index (κ1) is 23.2. The molecule has 0 saturated heterocycles. The highest BCUT2D eigenvalue weighted by Gasteiger charge is 2.49. The molecule has 1 unspecified atom stereocenters. The van der Waals surface area contributed by atoms with Gasteiger partial charge in [-0.05, 0) is 57.6 Å². The van der Waals surface area contributed by atoms with Crippen LogP contribution < -0.4 is 5.11 Å². The molecular formula is C23H27F2O6-. The van der Waals surface area contributed by atoms with Crippen LogP contribution in [0.1, 0.15) is 85.4 Å². The van der Waals surface area contributed by atoms with Gasteiger partial charge in [0.05, 0.1) is 11.1 Å². The summed E-state index contributed by atoms with van der Waals surface area (Å²) in [7, 11) is 0. The van der Waals surface area contributed by atoms with Gasteiger partial charge >= 0.3 is 17.9 Å². The maximum Gasteiger partial charge on any atom is 0.339 e. The lowest BCUT2D eigenvalue weighted by molar-refractivity contribution is -0.337. The van der Waals surface area contributed by atoms with E-state index in [9.17, 15) is 28.3 Å². The lowest BCUT2D eigenvalue weighted by atomic mass is 9.83. The van der Waals surface area contributed by atoms with Gasteiger partial charge in [0.25, 0.3) is 0 Å². The van der Waals surface area contributed by atoms with Gasteiger partial charge in [0.15, 0.2) is 6.10 Å². The number of carboxylic acid groups (broad SMARTS) is 1. The van der Waals surface area contributed by atoms with Crippen molar-refractivity contribution in [1.82, 2.24) is 0 Å². The fraction of sp³-hybridized carbons (Fsp3) is 0.609. The lowest BCUT2D eigenvalue weighted by Gasteiger charge is -2.35. The van der Waals surface area contributed by atoms with Crippen LogP contribution in [0.15, 0.2) is 24.3 Å². The zero-order valence-corrected chi connectivity index (χ0v) is 17.5. The topological polar surface area (TPSA) is 92.7 Å². The molecule has 2 aliphatic rings. The van der Waals surface area contributed by atoms with E-state index in [1.54, 1.807) is 0 Å². The molecule has 3 rings (SSSR count). The highest BCUT2D eigenvalue weighted by atomic mass is 19.3. The SMILES string of the molecule is CC1(OC(=O)c2ccccc2C(=O)OC(C2CCCCC2)C(F)(F)C(=O)[O-])CCCC1. The summed E-state index contributed by atoms with van der Waals surface area (Å²) in [5.41, 5.74) is -0.968. The van der Waals surface area contributed by atoms with E-state index >= 15 is 0 Å². The average Bonchev–Trinajstić information content (AvgIpc) is 3.18. The highest BCUT2D eigenvalue weighted by Crippen LogP contribution is 2.37. The van der Waals surface area contributed by atoms with Crippen LogP contribution in [0.3, 0.4) is 0 Å². The monoisotopic (exact) mass is 437 g/mol. The number of esters is 2. The molecule has 1 atom stereocenters. The molecule has 2 saturated carbocycles. The molecular weight excluding hydrogens is 410 g/mol. The number of aliphatic carboxylic acids is 1. The molecule has 8 heteroatoms. The van der Waals surface area contributed by atoms with Gasteiger partial charge < -0.3 is 19.4 Å². The largest absolute Gasteiger partial charge is 0.544 e. The summed E-state index contributed by atoms with van der Waals surface area (Å²) in [6, 6.07) is 5.64. The van der Waals surface area contributed by atoms with E-state index in [1.807, 2.05) is 6.92 Å². The Hall–Kier alpha value is -2.51. The third-order valence-corrected chi connectivity index (χ3v) is 6.31. The quantitative estimate of drug-likeness (QED) is 0.605. The van der Waals surface area contributed by atoms with E-state index in [-0.39, 0.29) is 11.1 Å². The molecule has 2 fully saturated rings. The second-order valence-corrected chi connectivity index (χ2v) is 8.73. The number of hydrogen-bond acceptors (Lipinski definition) is 6. The van der Waals surface area contributed by atoms with Crippen molar-refractivity contribution in [3.63, 3.8) is 0 Å². The zero-order valence-electron chi connectivity index (χ0n) is 17.5. The van der Waals surface area contributed by atoms with Crippen molar-refractivity contribution >= 4 is 17.9 Å². The van der Waals surface area contributed by atoms with Gasteiger partial charge in [-0.15, -0.1) is 0 Å². The summed E-state index contributed by atoms with van der Waals surface area (Å²) < 4.78 is 39.5. The van der Waals surface area contributed by atoms with E-state index < -0.39 is 41.5 Å². The first-order valence-electron chi connectivity index (χ1n) is 10.8. The number of benzene rings is 1. The molecule has 31 heavy (non-hydrogen) atoms. The number of rotatable bonds is 7. The third kappa shape index (κ3) is 5.22. The van der Waals surface area contributed by atoms with Crippen molar-refractivity contribution in [3.8, 4) is 0 Å². The number of carbonyl (C=O) groups is 3. The number of carbonyl (C=O) groups excluding carboxylic acids is 3. The standard InChI is InChI=1S/C23H28F2O6/c1-22(13-7-8-14-22)31-20(27)17-12-6-5-11-16(17)19(26)30-18(23(24,25)21(28)29)15-9-3-2-4-10-15/h5-6,11-12,15,18H,2-4,7-10,13-14H2,1H3,(H,28,29)/p-1. The first-order valence-corrected chi connectivity index (χ1v) is 10.8. The molecule has 0 bridgehead atoms. The summed E-state index contributed by atoms with van der Waals surface area (Å²) >= 11 is 0. The van der Waals surface area contributed by atoms with Gasteiger partial charge in [-0.2, -0.15) is 8.78 Å². The molecule has 0 radical (unpaired) electrons. The van der Waals surface area contributed by atoms with Crippen LogP contribution >= 0.6 is 0 Å². The number of halogens is 2. The van der Waals surface area contributed by atoms with Crippen LogP contribution in [-0.4, -0.2) is 35.5 Å². The minimum atomic E-state index is -4.34. The van der Waals surface area contributed by atoms with E-state index in [1.165, 1.54) is 24.3 Å². The zero-order chi connectivity index (χ0) is 22.6. The molecule has 2 aliphatic carbocycles. The predicted octanol–water partition coefficient (Wildman–Crippen LogP) is 3.67. The Morgan fingerprint density at radius 2 is 1.55 bits per heavy atom. The van der Waals surface area contributed by atoms with Gasteiger partial charge in [0.2, 0.25) is 0 Å². The molecule has 0 aliphatic heterocycles. The van der Waals surface area contributed by atoms with Crippen LogP contribution in [0.4, 0.5) is 8.78 Å². The van der Waals surface area contributed by atoms with E-state index in [4.69, 9.17) is 9.47 Å². The number of alkyl halides is 2. The number of carboxylic acids is 1. The minimum absolute atomic E-state index is 0.0974. The van der Waals surface area contributed by atoms with Gasteiger partial charge in [0.1, 0.15) is 11.6 Å². The van der Waals surface area contributed by atoms with E-state index in [0.717, 1.165) is 19.3 Å². The van der Waals surface area contributed by atoms with Gasteiger partial charge in [0, 0.05) is 5.92 Å². The number of hydrogen-bond donors (Lipinski definition) is 0. The van der Waals surface area contributed by atoms with Crippen molar-refractivity contribution in [2.45, 2.75) is 82.3 Å². The Bertz CT molecular complexity index is 825. The number of ether oxygens (including phenoxy) is 2. The molecule has 0 amide bonds. The van der Waals surface area contributed by atoms with Crippen molar-refractivity contribution in [1.29, 1.82) is 0 Å². The Kier molecular flexibility index (Phi) is 6.96. The van der Waals surface area contributed by atoms with E-state index in [2.05, 4.69) is 0 Å². The van der Waals surface area contributed by atoms with Crippen molar-refractivity contribution in [3.05, 3.63) is 35.4 Å². The molecule has 1 aromatic carbocycles. The fourth-order valence-corrected chi connectivity index (χ4v) is 4.54. The fourth-order valence-electron chi connectivity index (χ4n) is 4.54. The van der Waals surface area contributed by atoms with Crippen LogP contribution in [0.5, 0.6) is 0 Å². The molecule has 0 heterocycles. The van der Waals surface area contributed by atoms with Crippen LogP contribution in [0.2, 0.25) is 0 Å². The smallest absolute Gasteiger partial charge is 0.339 e. The Labute approximate surface area is 179 Å². The molecule has 0 N–H and O–H groups in total. The normalized spacial score (nSPS) is 20.1. The van der Waals surface area contributed by atoms with Crippen LogP contribution in [0, 0.1) is 5.92 Å². The molecule has 170 valence electrons. The predicted molar refractivity (Wildman–Crippen MR) is 104 cm³/mol. The van der Waals surface area contributed by atoms with Crippen molar-refractivity contribution < 1.29 is 37.7 Å². The van der Waals surface area contributed by atoms with Gasteiger partial charge in [-0.25, -0.2) is 9.59 Å². The first-order chi connectivity index (χ1) is 14.6. The molecule has 0 aromatic heterocycles. The summed E-state index contributed by atoms with van der Waals surface area (Å²) in [5, 5.41) is 11.1. The summed E-state index contributed by atoms with van der Waals surface area (Å²) in [4.78, 5) is 36.7. The minimum Gasteiger partial charge on any atom is -0.544 e. The van der Waals surface area contributed by atoms with E-state index in [0.29, 0.717) is 38.5 Å². The molecule has 1 aromatic rings. The second-order valence-electron chi connectivity index (χ2n) is 8.73. The highest BCUT2D eigenvalue weighted by molar-refractivity contribution is 6.03. The summed E-state index contributed by atoms with van der Waals surface area (Å²) in [6.45, 7) is 1.82. The van der Waals surface area contributed by atoms with Crippen molar-refractivity contribution in [2.75, 3.05) is 0 Å². The Morgan fingerprint density at radius 3 is 2.10 bits per heavy atom. The summed E-state index contributed by atoms with van der Waals surface area (Å²) in [5.74, 6) is -9.65.